The van der Waals surface area contributed by atoms with Gasteiger partial charge in [-0.15, -0.1) is 11.3 Å². The van der Waals surface area contributed by atoms with Crippen LogP contribution in [0.1, 0.15) is 27.4 Å². The molecule has 1 atom stereocenters. The first-order valence-corrected chi connectivity index (χ1v) is 6.74. The molecule has 94 valence electrons. The summed E-state index contributed by atoms with van der Waals surface area (Å²) in [5, 5.41) is 2.99. The first kappa shape index (κ1) is 12.4. The molecule has 4 nitrogen and oxygen atoms in total. The molecule has 0 radical (unpaired) electrons. The Bertz CT molecular complexity index is 396. The van der Waals surface area contributed by atoms with Gasteiger partial charge in [0.05, 0.1) is 4.88 Å². The number of likely N-dealkylation sites (tertiary alicyclic amines) is 1. The van der Waals surface area contributed by atoms with Crippen LogP contribution in [0.25, 0.3) is 0 Å². The Labute approximate surface area is 106 Å². The Hall–Kier alpha value is -1.07. The van der Waals surface area contributed by atoms with Gasteiger partial charge in [-0.05, 0) is 39.4 Å². The summed E-state index contributed by atoms with van der Waals surface area (Å²) in [6.07, 6.45) is 2.39. The number of rotatable bonds is 3. The normalized spacial score (nSPS) is 20.7. The first-order chi connectivity index (χ1) is 8.08. The molecule has 1 aromatic heterocycles. The largest absolute Gasteiger partial charge is 0.398 e. The molecule has 2 heterocycles. The number of nitrogen functional groups attached to an aromatic ring is 1. The second-order valence-corrected chi connectivity index (χ2v) is 5.87. The Morgan fingerprint density at radius 2 is 2.47 bits per heavy atom. The van der Waals surface area contributed by atoms with Gasteiger partial charge in [0.25, 0.3) is 5.91 Å². The fraction of sp³-hybridized carbons (Fsp3) is 0.583. The third kappa shape index (κ3) is 2.79. The van der Waals surface area contributed by atoms with Gasteiger partial charge >= 0.3 is 0 Å². The number of nitrogens with zero attached hydrogens (tertiary/aromatic N) is 1. The molecule has 1 fully saturated rings. The van der Waals surface area contributed by atoms with E-state index in [1.165, 1.54) is 24.2 Å². The number of nitrogens with two attached hydrogens (primary N) is 1. The van der Waals surface area contributed by atoms with Crippen LogP contribution in [0.15, 0.2) is 6.07 Å². The summed E-state index contributed by atoms with van der Waals surface area (Å²) in [7, 11) is 2.11. The highest BCUT2D eigenvalue weighted by molar-refractivity contribution is 7.14. The summed E-state index contributed by atoms with van der Waals surface area (Å²) in [5.41, 5.74) is 6.45. The highest BCUT2D eigenvalue weighted by Gasteiger charge is 2.21. The Kier molecular flexibility index (Phi) is 3.69. The molecule has 0 aromatic carbocycles. The highest BCUT2D eigenvalue weighted by atomic mass is 32.1. The van der Waals surface area contributed by atoms with Crippen molar-refractivity contribution >= 4 is 22.9 Å². The fourth-order valence-electron chi connectivity index (χ4n) is 2.14. The van der Waals surface area contributed by atoms with Crippen LogP contribution >= 0.6 is 11.3 Å². The number of anilines is 1. The van der Waals surface area contributed by atoms with Gasteiger partial charge < -0.3 is 16.0 Å². The smallest absolute Gasteiger partial charge is 0.261 e. The van der Waals surface area contributed by atoms with Crippen molar-refractivity contribution in [3.05, 3.63) is 15.8 Å². The number of likely N-dealkylation sites (N-methyl/N-ethyl adjacent to an activating group) is 1. The summed E-state index contributed by atoms with van der Waals surface area (Å²) >= 11 is 1.46. The van der Waals surface area contributed by atoms with Gasteiger partial charge in [-0.1, -0.05) is 0 Å². The van der Waals surface area contributed by atoms with Crippen LogP contribution in [0.4, 0.5) is 5.69 Å². The van der Waals surface area contributed by atoms with Crippen LogP contribution in [-0.2, 0) is 0 Å². The number of carbonyl (C=O) groups is 1. The monoisotopic (exact) mass is 253 g/mol. The SMILES string of the molecule is Cc1sc(C(=O)NCC2CCCN2C)cc1N. The molecule has 1 aromatic rings. The molecule has 0 bridgehead atoms. The van der Waals surface area contributed by atoms with E-state index in [-0.39, 0.29) is 5.91 Å². The zero-order valence-electron chi connectivity index (χ0n) is 10.3. The number of carbonyl (C=O) groups excluding carboxylic acids is 1. The molecule has 5 heteroatoms. The molecule has 1 aliphatic rings. The zero-order valence-corrected chi connectivity index (χ0v) is 11.1. The van der Waals surface area contributed by atoms with Crippen molar-refractivity contribution in [2.45, 2.75) is 25.8 Å². The molecule has 0 saturated carbocycles. The first-order valence-electron chi connectivity index (χ1n) is 5.92. The maximum atomic E-state index is 11.9. The van der Waals surface area contributed by atoms with E-state index in [4.69, 9.17) is 5.73 Å². The molecule has 17 heavy (non-hydrogen) atoms. The predicted octanol–water partition coefficient (Wildman–Crippen LogP) is 1.46. The standard InChI is InChI=1S/C12H19N3OS/c1-8-10(13)6-11(17-8)12(16)14-7-9-4-3-5-15(9)2/h6,9H,3-5,7,13H2,1-2H3,(H,14,16). The summed E-state index contributed by atoms with van der Waals surface area (Å²) in [4.78, 5) is 15.9. The third-order valence-corrected chi connectivity index (χ3v) is 4.41. The summed E-state index contributed by atoms with van der Waals surface area (Å²) < 4.78 is 0. The summed E-state index contributed by atoms with van der Waals surface area (Å²) in [6, 6.07) is 2.24. The molecule has 1 aliphatic heterocycles. The molecule has 1 amide bonds. The number of hydrogen-bond acceptors (Lipinski definition) is 4. The Morgan fingerprint density at radius 1 is 1.71 bits per heavy atom. The van der Waals surface area contributed by atoms with Crippen LogP contribution in [-0.4, -0.2) is 37.0 Å². The summed E-state index contributed by atoms with van der Waals surface area (Å²) in [6.45, 7) is 3.79. The highest BCUT2D eigenvalue weighted by Crippen LogP contribution is 2.23. The predicted molar refractivity (Wildman–Crippen MR) is 71.5 cm³/mol. The van der Waals surface area contributed by atoms with Crippen molar-refractivity contribution in [2.24, 2.45) is 0 Å². The quantitative estimate of drug-likeness (QED) is 0.857. The van der Waals surface area contributed by atoms with Crippen molar-refractivity contribution in [2.75, 3.05) is 25.9 Å². The van der Waals surface area contributed by atoms with Crippen molar-refractivity contribution in [1.82, 2.24) is 10.2 Å². The van der Waals surface area contributed by atoms with Crippen LogP contribution in [0.2, 0.25) is 0 Å². The minimum Gasteiger partial charge on any atom is -0.398 e. The van der Waals surface area contributed by atoms with Crippen LogP contribution in [0, 0.1) is 6.92 Å². The lowest BCUT2D eigenvalue weighted by Gasteiger charge is -2.19. The van der Waals surface area contributed by atoms with E-state index in [2.05, 4.69) is 17.3 Å². The lowest BCUT2D eigenvalue weighted by molar-refractivity contribution is 0.0948. The number of amides is 1. The lowest BCUT2D eigenvalue weighted by Crippen LogP contribution is -2.37. The Balaban J connectivity index is 1.89. The second-order valence-electron chi connectivity index (χ2n) is 4.61. The average Bonchev–Trinajstić information content (AvgIpc) is 2.83. The molecular weight excluding hydrogens is 234 g/mol. The fourth-order valence-corrected chi connectivity index (χ4v) is 3.00. The topological polar surface area (TPSA) is 58.4 Å². The van der Waals surface area contributed by atoms with E-state index in [0.717, 1.165) is 18.0 Å². The van der Waals surface area contributed by atoms with Gasteiger partial charge in [0.1, 0.15) is 0 Å². The molecule has 0 spiro atoms. The number of nitrogens with one attached hydrogen (secondary N) is 1. The molecule has 3 N–H and O–H groups in total. The van der Waals surface area contributed by atoms with Crippen molar-refractivity contribution < 1.29 is 4.79 Å². The zero-order chi connectivity index (χ0) is 12.4. The van der Waals surface area contributed by atoms with Crippen molar-refractivity contribution in [3.8, 4) is 0 Å². The second kappa shape index (κ2) is 5.06. The number of hydrogen-bond donors (Lipinski definition) is 2. The van der Waals surface area contributed by atoms with Gasteiger partial charge in [0.2, 0.25) is 0 Å². The molecule has 2 rings (SSSR count). The Morgan fingerprint density at radius 3 is 3.00 bits per heavy atom. The average molecular weight is 253 g/mol. The summed E-state index contributed by atoms with van der Waals surface area (Å²) in [5.74, 6) is -0.00454. The number of aryl methyl sites for hydroxylation is 1. The molecule has 0 aliphatic carbocycles. The van der Waals surface area contributed by atoms with Crippen LogP contribution < -0.4 is 11.1 Å². The van der Waals surface area contributed by atoms with Crippen LogP contribution in [0.5, 0.6) is 0 Å². The van der Waals surface area contributed by atoms with E-state index in [1.54, 1.807) is 6.07 Å². The van der Waals surface area contributed by atoms with E-state index < -0.39 is 0 Å². The number of thiophene rings is 1. The maximum absolute atomic E-state index is 11.9. The van der Waals surface area contributed by atoms with E-state index in [1.807, 2.05) is 6.92 Å². The molecular formula is C12H19N3OS. The van der Waals surface area contributed by atoms with Crippen molar-refractivity contribution in [3.63, 3.8) is 0 Å². The van der Waals surface area contributed by atoms with Gasteiger partial charge in [-0.2, -0.15) is 0 Å². The van der Waals surface area contributed by atoms with Crippen molar-refractivity contribution in [1.29, 1.82) is 0 Å². The minimum atomic E-state index is -0.00454. The minimum absolute atomic E-state index is 0.00454. The van der Waals surface area contributed by atoms with Gasteiger partial charge in [0.15, 0.2) is 0 Å². The molecule has 1 saturated heterocycles. The third-order valence-electron chi connectivity index (χ3n) is 3.35. The van der Waals surface area contributed by atoms with E-state index in [9.17, 15) is 4.79 Å². The lowest BCUT2D eigenvalue weighted by atomic mass is 10.2. The van der Waals surface area contributed by atoms with Gasteiger partial charge in [-0.3, -0.25) is 4.79 Å². The van der Waals surface area contributed by atoms with Gasteiger partial charge in [0, 0.05) is 23.2 Å². The van der Waals surface area contributed by atoms with Gasteiger partial charge in [-0.25, -0.2) is 0 Å². The maximum Gasteiger partial charge on any atom is 0.261 e. The van der Waals surface area contributed by atoms with E-state index >= 15 is 0 Å². The van der Waals surface area contributed by atoms with Crippen LogP contribution in [0.3, 0.4) is 0 Å². The van der Waals surface area contributed by atoms with E-state index in [0.29, 0.717) is 16.6 Å². The molecule has 1 unspecified atom stereocenters.